The third-order valence-corrected chi connectivity index (χ3v) is 10.6. The minimum Gasteiger partial charge on any atom is -0.346 e. The molecule has 0 spiro atoms. The van der Waals surface area contributed by atoms with Gasteiger partial charge in [0, 0.05) is 5.54 Å². The average Bonchev–Trinajstić information content (AvgIpc) is 2.67. The van der Waals surface area contributed by atoms with E-state index in [9.17, 15) is 39.2 Å². The Morgan fingerprint density at radius 3 is 1.92 bits per heavy atom. The first-order valence-corrected chi connectivity index (χ1v) is 13.8. The van der Waals surface area contributed by atoms with E-state index < -0.39 is 59.1 Å². The zero-order valence-electron chi connectivity index (χ0n) is 19.5. The van der Waals surface area contributed by atoms with E-state index >= 15 is 0 Å². The predicted octanol–water partition coefficient (Wildman–Crippen LogP) is 4.41. The Hall–Kier alpha value is -2.67. The molecule has 0 heterocycles. The summed E-state index contributed by atoms with van der Waals surface area (Å²) >= 11 is 0. The number of carbonyl (C=O) groups excluding carboxylic acids is 1. The third-order valence-electron chi connectivity index (χ3n) is 6.73. The lowest BCUT2D eigenvalue weighted by atomic mass is 9.39. The summed E-state index contributed by atoms with van der Waals surface area (Å²) in [7, 11) is -8.11. The molecule has 0 saturated heterocycles. The summed E-state index contributed by atoms with van der Waals surface area (Å²) in [5, 5.41) is 2.53. The average molecular weight is 549 g/mol. The summed E-state index contributed by atoms with van der Waals surface area (Å²) in [4.78, 5) is 12.4. The van der Waals surface area contributed by atoms with E-state index in [-0.39, 0.29) is 34.6 Å². The number of rotatable bonds is 6. The summed E-state index contributed by atoms with van der Waals surface area (Å²) in [6.07, 6.45) is -5.15. The first-order valence-electron chi connectivity index (χ1n) is 10.9. The first-order chi connectivity index (χ1) is 16.3. The number of hydrogen-bond donors (Lipinski definition) is 2. The Bertz CT molecular complexity index is 1430. The van der Waals surface area contributed by atoms with E-state index in [4.69, 9.17) is 0 Å². The van der Waals surface area contributed by atoms with Gasteiger partial charge in [-0.15, -0.1) is 0 Å². The van der Waals surface area contributed by atoms with E-state index in [0.29, 0.717) is 0 Å². The first kappa shape index (κ1) is 26.4. The highest BCUT2D eigenvalue weighted by Crippen LogP contribution is 2.73. The Kier molecular flexibility index (Phi) is 5.80. The molecule has 7 nitrogen and oxygen atoms in total. The summed E-state index contributed by atoms with van der Waals surface area (Å²) in [5.41, 5.74) is -3.49. The maximum Gasteiger partial charge on any atom is 0.394 e. The van der Waals surface area contributed by atoms with E-state index in [2.05, 4.69) is 10.0 Å². The van der Waals surface area contributed by atoms with Gasteiger partial charge in [-0.05, 0) is 82.5 Å². The van der Waals surface area contributed by atoms with Gasteiger partial charge in [0.15, 0.2) is 9.84 Å². The molecule has 2 bridgehead atoms. The van der Waals surface area contributed by atoms with Crippen molar-refractivity contribution < 1.29 is 39.2 Å². The van der Waals surface area contributed by atoms with Gasteiger partial charge >= 0.3 is 6.18 Å². The van der Waals surface area contributed by atoms with Crippen LogP contribution < -0.4 is 10.0 Å². The van der Waals surface area contributed by atoms with Crippen LogP contribution in [0.1, 0.15) is 50.4 Å². The topological polar surface area (TPSA) is 109 Å². The molecule has 13 heteroatoms. The third kappa shape index (κ3) is 4.25. The van der Waals surface area contributed by atoms with Crippen LogP contribution in [0.5, 0.6) is 0 Å². The smallest absolute Gasteiger partial charge is 0.346 e. The van der Waals surface area contributed by atoms with Crippen LogP contribution in [0.15, 0.2) is 52.3 Å². The second-order valence-corrected chi connectivity index (χ2v) is 14.8. The van der Waals surface area contributed by atoms with Gasteiger partial charge < -0.3 is 5.32 Å². The van der Waals surface area contributed by atoms with E-state index in [1.54, 1.807) is 0 Å². The monoisotopic (exact) mass is 548 g/mol. The van der Waals surface area contributed by atoms with Crippen LogP contribution in [0.4, 0.5) is 23.2 Å². The minimum absolute atomic E-state index is 0.0880. The van der Waals surface area contributed by atoms with Gasteiger partial charge in [-0.3, -0.25) is 9.52 Å². The Labute approximate surface area is 206 Å². The molecular formula is C23H24F4N2O5S2. The van der Waals surface area contributed by atoms with E-state index in [1.807, 2.05) is 0 Å². The second kappa shape index (κ2) is 7.91. The number of hydrogen-bond acceptors (Lipinski definition) is 5. The molecule has 5 rings (SSSR count). The van der Waals surface area contributed by atoms with Crippen LogP contribution >= 0.6 is 0 Å². The van der Waals surface area contributed by atoms with Gasteiger partial charge in [-0.25, -0.2) is 21.2 Å². The Morgan fingerprint density at radius 2 is 1.42 bits per heavy atom. The number of alkyl halides is 3. The van der Waals surface area contributed by atoms with Crippen molar-refractivity contribution in [2.45, 2.75) is 66.3 Å². The molecule has 3 aliphatic rings. The number of nitrogens with one attached hydrogen (secondary N) is 2. The number of sulfone groups is 1. The number of carbonyl (C=O) groups is 1. The molecule has 0 radical (unpaired) electrons. The molecular weight excluding hydrogens is 524 g/mol. The predicted molar refractivity (Wildman–Crippen MR) is 123 cm³/mol. The normalized spacial score (nSPS) is 23.9. The lowest BCUT2D eigenvalue weighted by molar-refractivity contribution is -0.336. The van der Waals surface area contributed by atoms with Crippen molar-refractivity contribution in [2.75, 3.05) is 4.72 Å². The van der Waals surface area contributed by atoms with Gasteiger partial charge in [0.1, 0.15) is 5.82 Å². The number of amides is 1. The van der Waals surface area contributed by atoms with Crippen LogP contribution in [0.2, 0.25) is 0 Å². The van der Waals surface area contributed by atoms with Crippen molar-refractivity contribution in [3.63, 3.8) is 0 Å². The Morgan fingerprint density at radius 1 is 0.889 bits per heavy atom. The zero-order chi connectivity index (χ0) is 26.9. The number of halogens is 4. The highest BCUT2D eigenvalue weighted by molar-refractivity contribution is 7.93. The SMILES string of the molecule is CC(C)(C)S(=O)(=O)c1ccc(S(=O)(=O)Nc2cc(F)ccc2C(=O)NC23CC(C(F)(F)F)(C2)C3)cc1. The highest BCUT2D eigenvalue weighted by Gasteiger charge is 2.79. The van der Waals surface area contributed by atoms with Crippen LogP contribution in [0, 0.1) is 11.2 Å². The van der Waals surface area contributed by atoms with Crippen molar-refractivity contribution in [1.29, 1.82) is 0 Å². The van der Waals surface area contributed by atoms with Crippen LogP contribution in [-0.4, -0.2) is 39.2 Å². The van der Waals surface area contributed by atoms with Gasteiger partial charge in [0.05, 0.1) is 31.2 Å². The minimum atomic E-state index is -4.38. The van der Waals surface area contributed by atoms with Gasteiger partial charge in [-0.2, -0.15) is 13.2 Å². The second-order valence-electron chi connectivity index (χ2n) is 10.4. The standard InChI is InChI=1S/C23H24F4N2O5S2/c1-20(2,3)35(31,32)15-5-7-16(8-6-15)36(33,34)29-18-10-14(24)4-9-17(18)19(30)28-22-11-21(12-22,13-22)23(25,26)27/h4-10,29H,11-13H2,1-3H3,(H,28,30). The Balaban J connectivity index is 1.55. The maximum absolute atomic E-state index is 13.9. The molecule has 2 aromatic rings. The molecule has 2 N–H and O–H groups in total. The van der Waals surface area contributed by atoms with Gasteiger partial charge in [0.25, 0.3) is 15.9 Å². The van der Waals surface area contributed by atoms with Crippen LogP contribution in [0.3, 0.4) is 0 Å². The molecule has 0 unspecified atom stereocenters. The van der Waals surface area contributed by atoms with Crippen molar-refractivity contribution in [1.82, 2.24) is 5.32 Å². The molecule has 0 aromatic heterocycles. The van der Waals surface area contributed by atoms with Crippen molar-refractivity contribution in [2.24, 2.45) is 5.41 Å². The zero-order valence-corrected chi connectivity index (χ0v) is 21.2. The summed E-state index contributed by atoms with van der Waals surface area (Å²) in [6.45, 7) is 4.50. The molecule has 1 amide bonds. The van der Waals surface area contributed by atoms with E-state index in [0.717, 1.165) is 42.5 Å². The largest absolute Gasteiger partial charge is 0.394 e. The molecule has 3 fully saturated rings. The molecule has 36 heavy (non-hydrogen) atoms. The van der Waals surface area contributed by atoms with Crippen molar-refractivity contribution in [3.8, 4) is 0 Å². The highest BCUT2D eigenvalue weighted by atomic mass is 32.2. The molecule has 0 atom stereocenters. The molecule has 3 aliphatic carbocycles. The molecule has 2 aromatic carbocycles. The number of anilines is 1. The van der Waals surface area contributed by atoms with E-state index in [1.165, 1.54) is 20.8 Å². The van der Waals surface area contributed by atoms with Gasteiger partial charge in [0.2, 0.25) is 0 Å². The molecule has 0 aliphatic heterocycles. The number of sulfonamides is 1. The molecule has 196 valence electrons. The fourth-order valence-corrected chi connectivity index (χ4v) is 6.96. The lowest BCUT2D eigenvalue weighted by Gasteiger charge is -2.70. The van der Waals surface area contributed by atoms with Crippen molar-refractivity contribution >= 4 is 31.5 Å². The summed E-state index contributed by atoms with van der Waals surface area (Å²) < 4.78 is 105. The van der Waals surface area contributed by atoms with Crippen LogP contribution in [-0.2, 0) is 19.9 Å². The number of benzene rings is 2. The summed E-state index contributed by atoms with van der Waals surface area (Å²) in [6, 6.07) is 7.15. The fourth-order valence-electron chi connectivity index (χ4n) is 4.68. The van der Waals surface area contributed by atoms with Crippen molar-refractivity contribution in [3.05, 3.63) is 53.8 Å². The molecule has 3 saturated carbocycles. The lowest BCUT2D eigenvalue weighted by Crippen LogP contribution is -2.78. The quantitative estimate of drug-likeness (QED) is 0.520. The maximum atomic E-state index is 13.9. The summed E-state index contributed by atoms with van der Waals surface area (Å²) in [5.74, 6) is -1.69. The van der Waals surface area contributed by atoms with Crippen LogP contribution in [0.25, 0.3) is 0 Å². The fraction of sp³-hybridized carbons (Fsp3) is 0.435. The van der Waals surface area contributed by atoms with Gasteiger partial charge in [-0.1, -0.05) is 0 Å².